The van der Waals surface area contributed by atoms with Gasteiger partial charge in [0, 0.05) is 38.2 Å². The van der Waals surface area contributed by atoms with Gasteiger partial charge in [-0.15, -0.1) is 11.3 Å². The number of imidazole rings is 1. The molecule has 0 unspecified atom stereocenters. The van der Waals surface area contributed by atoms with Gasteiger partial charge in [0.25, 0.3) is 0 Å². The summed E-state index contributed by atoms with van der Waals surface area (Å²) in [6.45, 7) is 0. The lowest BCUT2D eigenvalue weighted by Gasteiger charge is -2.35. The number of nitrogens with zero attached hydrogens (tertiary/aromatic N) is 4. The monoisotopic (exact) mass is 469 g/mol. The SMILES string of the molecule is CO[C@H]1C[C@@H](Nc2nc(-c3nccn3C)nc3sc(Br)c(-c4ccccc4)c23)C1. The molecule has 0 saturated heterocycles. The number of hydrogen-bond donors (Lipinski definition) is 1. The number of fused-ring (bicyclic) bond motifs is 1. The van der Waals surface area contributed by atoms with E-state index < -0.39 is 0 Å². The van der Waals surface area contributed by atoms with Crippen molar-refractivity contribution in [2.75, 3.05) is 12.4 Å². The maximum Gasteiger partial charge on any atom is 0.199 e. The summed E-state index contributed by atoms with van der Waals surface area (Å²) in [5, 5.41) is 4.70. The molecule has 0 amide bonds. The van der Waals surface area contributed by atoms with E-state index in [-0.39, 0.29) is 0 Å². The summed E-state index contributed by atoms with van der Waals surface area (Å²) in [6, 6.07) is 10.7. The highest BCUT2D eigenvalue weighted by atomic mass is 79.9. The first-order valence-electron chi connectivity index (χ1n) is 9.46. The molecule has 1 aliphatic carbocycles. The first-order valence-corrected chi connectivity index (χ1v) is 11.1. The summed E-state index contributed by atoms with van der Waals surface area (Å²) in [5.41, 5.74) is 2.27. The molecule has 1 N–H and O–H groups in total. The lowest BCUT2D eigenvalue weighted by Crippen LogP contribution is -2.40. The maximum absolute atomic E-state index is 5.45. The molecule has 5 rings (SSSR count). The Balaban J connectivity index is 1.68. The molecule has 1 saturated carbocycles. The fourth-order valence-electron chi connectivity index (χ4n) is 3.69. The number of ether oxygens (including phenoxy) is 1. The van der Waals surface area contributed by atoms with E-state index in [4.69, 9.17) is 14.7 Å². The van der Waals surface area contributed by atoms with Crippen LogP contribution in [-0.2, 0) is 11.8 Å². The van der Waals surface area contributed by atoms with Gasteiger partial charge in [0.1, 0.15) is 10.6 Å². The fourth-order valence-corrected chi connectivity index (χ4v) is 5.50. The van der Waals surface area contributed by atoms with Gasteiger partial charge in [-0.1, -0.05) is 30.3 Å². The molecule has 3 heterocycles. The van der Waals surface area contributed by atoms with Crippen LogP contribution in [0.1, 0.15) is 12.8 Å². The third-order valence-corrected chi connectivity index (χ3v) is 7.12. The minimum atomic E-state index is 0.321. The molecule has 8 heteroatoms. The quantitative estimate of drug-likeness (QED) is 0.439. The van der Waals surface area contributed by atoms with Crippen molar-refractivity contribution < 1.29 is 4.74 Å². The van der Waals surface area contributed by atoms with Crippen molar-refractivity contribution in [1.29, 1.82) is 0 Å². The highest BCUT2D eigenvalue weighted by Crippen LogP contribution is 2.45. The van der Waals surface area contributed by atoms with Crippen molar-refractivity contribution in [3.8, 4) is 22.8 Å². The van der Waals surface area contributed by atoms with Crippen LogP contribution < -0.4 is 5.32 Å². The van der Waals surface area contributed by atoms with Crippen molar-refractivity contribution in [2.45, 2.75) is 25.0 Å². The zero-order valence-corrected chi connectivity index (χ0v) is 18.5. The molecule has 1 aromatic carbocycles. The fraction of sp³-hybridized carbons (Fsp3) is 0.286. The predicted octanol–water partition coefficient (Wildman–Crippen LogP) is 5.11. The van der Waals surface area contributed by atoms with Crippen molar-refractivity contribution in [1.82, 2.24) is 19.5 Å². The summed E-state index contributed by atoms with van der Waals surface area (Å²) in [6.07, 6.45) is 5.95. The van der Waals surface area contributed by atoms with Crippen molar-refractivity contribution in [3.63, 3.8) is 0 Å². The van der Waals surface area contributed by atoms with Crippen molar-refractivity contribution >= 4 is 43.3 Å². The molecule has 0 bridgehead atoms. The Hall–Kier alpha value is -2.29. The van der Waals surface area contributed by atoms with Crippen molar-refractivity contribution in [2.24, 2.45) is 7.05 Å². The van der Waals surface area contributed by atoms with Crippen LogP contribution in [0.4, 0.5) is 5.82 Å². The molecular formula is C21H20BrN5OS. The smallest absolute Gasteiger partial charge is 0.199 e. The van der Waals surface area contributed by atoms with Gasteiger partial charge in [0.15, 0.2) is 11.6 Å². The molecule has 3 aromatic heterocycles. The van der Waals surface area contributed by atoms with E-state index in [9.17, 15) is 0 Å². The second-order valence-electron chi connectivity index (χ2n) is 7.22. The average Bonchev–Trinajstić information content (AvgIpc) is 3.27. The Labute approximate surface area is 181 Å². The summed E-state index contributed by atoms with van der Waals surface area (Å²) < 4.78 is 8.44. The molecule has 1 aliphatic rings. The van der Waals surface area contributed by atoms with Gasteiger partial charge in [0.2, 0.25) is 0 Å². The number of rotatable bonds is 5. The number of thiophene rings is 1. The zero-order chi connectivity index (χ0) is 20.0. The van der Waals surface area contributed by atoms with Gasteiger partial charge in [0.05, 0.1) is 15.3 Å². The number of nitrogens with one attached hydrogen (secondary N) is 1. The van der Waals surface area contributed by atoms with E-state index in [2.05, 4.69) is 50.5 Å². The van der Waals surface area contributed by atoms with Gasteiger partial charge in [-0.2, -0.15) is 0 Å². The molecule has 29 heavy (non-hydrogen) atoms. The molecule has 1 fully saturated rings. The van der Waals surface area contributed by atoms with Crippen molar-refractivity contribution in [3.05, 3.63) is 46.5 Å². The molecule has 148 valence electrons. The number of methoxy groups -OCH3 is 1. The highest BCUT2D eigenvalue weighted by Gasteiger charge is 2.31. The summed E-state index contributed by atoms with van der Waals surface area (Å²) in [7, 11) is 3.73. The maximum atomic E-state index is 5.45. The number of aromatic nitrogens is 4. The van der Waals surface area contributed by atoms with Crippen LogP contribution in [0.25, 0.3) is 33.0 Å². The van der Waals surface area contributed by atoms with Crippen LogP contribution in [-0.4, -0.2) is 38.8 Å². The van der Waals surface area contributed by atoms with Gasteiger partial charge < -0.3 is 14.6 Å². The minimum Gasteiger partial charge on any atom is -0.381 e. The lowest BCUT2D eigenvalue weighted by atomic mass is 9.89. The Kier molecular flexibility index (Phi) is 4.85. The Morgan fingerprint density at radius 3 is 2.69 bits per heavy atom. The van der Waals surface area contributed by atoms with E-state index in [1.165, 1.54) is 0 Å². The molecular weight excluding hydrogens is 450 g/mol. The standard InChI is InChI=1S/C21H20BrN5OS/c1-27-9-8-23-20(27)19-25-18(24-13-10-14(11-13)28-2)16-15(12-6-4-3-5-7-12)17(22)29-21(16)26-19/h3-9,13-14H,10-11H2,1-2H3,(H,24,25,26)/t13-,14+. The largest absolute Gasteiger partial charge is 0.381 e. The van der Waals surface area contributed by atoms with Gasteiger partial charge in [-0.05, 0) is 34.3 Å². The normalized spacial score (nSPS) is 18.7. The average molecular weight is 470 g/mol. The predicted molar refractivity (Wildman–Crippen MR) is 120 cm³/mol. The summed E-state index contributed by atoms with van der Waals surface area (Å²) in [4.78, 5) is 15.2. The number of aryl methyl sites for hydroxylation is 1. The second-order valence-corrected chi connectivity index (χ2v) is 9.54. The third kappa shape index (κ3) is 3.35. The first-order chi connectivity index (χ1) is 14.1. The molecule has 0 radical (unpaired) electrons. The number of hydrogen-bond acceptors (Lipinski definition) is 6. The van der Waals surface area contributed by atoms with E-state index in [0.29, 0.717) is 18.0 Å². The lowest BCUT2D eigenvalue weighted by molar-refractivity contribution is 0.0328. The molecule has 0 spiro atoms. The molecule has 6 nitrogen and oxygen atoms in total. The van der Waals surface area contributed by atoms with Crippen LogP contribution in [0.2, 0.25) is 0 Å². The molecule has 4 aromatic rings. The number of benzene rings is 1. The van der Waals surface area contributed by atoms with Gasteiger partial charge in [-0.25, -0.2) is 15.0 Å². The zero-order valence-electron chi connectivity index (χ0n) is 16.1. The van der Waals surface area contributed by atoms with Crippen LogP contribution in [0, 0.1) is 0 Å². The third-order valence-electron chi connectivity index (χ3n) is 5.36. The summed E-state index contributed by atoms with van der Waals surface area (Å²) >= 11 is 5.40. The number of halogens is 1. The van der Waals surface area contributed by atoms with Crippen LogP contribution >= 0.6 is 27.3 Å². The number of anilines is 1. The Morgan fingerprint density at radius 1 is 1.21 bits per heavy atom. The van der Waals surface area contributed by atoms with Crippen LogP contribution in [0.3, 0.4) is 0 Å². The van der Waals surface area contributed by atoms with E-state index in [0.717, 1.165) is 49.6 Å². The highest BCUT2D eigenvalue weighted by molar-refractivity contribution is 9.11. The summed E-state index contributed by atoms with van der Waals surface area (Å²) in [5.74, 6) is 2.24. The van der Waals surface area contributed by atoms with E-state index >= 15 is 0 Å². The molecule has 0 atom stereocenters. The second kappa shape index (κ2) is 7.51. The Bertz CT molecular complexity index is 1170. The Morgan fingerprint density at radius 2 is 2.00 bits per heavy atom. The van der Waals surface area contributed by atoms with Crippen LogP contribution in [0.15, 0.2) is 46.5 Å². The van der Waals surface area contributed by atoms with Gasteiger partial charge in [-0.3, -0.25) is 0 Å². The topological polar surface area (TPSA) is 64.9 Å². The van der Waals surface area contributed by atoms with E-state index in [1.54, 1.807) is 24.6 Å². The van der Waals surface area contributed by atoms with E-state index in [1.807, 2.05) is 23.9 Å². The van der Waals surface area contributed by atoms with Gasteiger partial charge >= 0.3 is 0 Å². The minimum absolute atomic E-state index is 0.321. The van der Waals surface area contributed by atoms with Crippen LogP contribution in [0.5, 0.6) is 0 Å². The first kappa shape index (κ1) is 18.7. The molecule has 0 aliphatic heterocycles.